The van der Waals surface area contributed by atoms with E-state index >= 15 is 0 Å². The van der Waals surface area contributed by atoms with Crippen LogP contribution in [0.3, 0.4) is 0 Å². The molecular formula is C13H20N2O2S. The van der Waals surface area contributed by atoms with Crippen molar-refractivity contribution < 1.29 is 8.42 Å². The second kappa shape index (κ2) is 4.64. The Kier molecular flexibility index (Phi) is 3.49. The van der Waals surface area contributed by atoms with Gasteiger partial charge in [-0.05, 0) is 36.9 Å². The van der Waals surface area contributed by atoms with E-state index < -0.39 is 10.0 Å². The summed E-state index contributed by atoms with van der Waals surface area (Å²) < 4.78 is 26.6. The van der Waals surface area contributed by atoms with Gasteiger partial charge in [-0.25, -0.2) is 8.42 Å². The smallest absolute Gasteiger partial charge is 0.243 e. The van der Waals surface area contributed by atoms with Crippen LogP contribution in [-0.4, -0.2) is 32.4 Å². The number of aryl methyl sites for hydroxylation is 1. The number of nitrogens with two attached hydrogens (primary N) is 1. The molecule has 18 heavy (non-hydrogen) atoms. The Labute approximate surface area is 109 Å². The molecule has 4 nitrogen and oxygen atoms in total. The lowest BCUT2D eigenvalue weighted by atomic mass is 9.90. The molecule has 1 atom stereocenters. The van der Waals surface area contributed by atoms with Crippen molar-refractivity contribution in [3.05, 3.63) is 29.8 Å². The first-order chi connectivity index (χ1) is 8.39. The molecular weight excluding hydrogens is 248 g/mol. The molecule has 0 aliphatic carbocycles. The van der Waals surface area contributed by atoms with Crippen molar-refractivity contribution in [3.63, 3.8) is 0 Å². The highest BCUT2D eigenvalue weighted by molar-refractivity contribution is 7.89. The summed E-state index contributed by atoms with van der Waals surface area (Å²) in [6.07, 6.45) is 0.828. The summed E-state index contributed by atoms with van der Waals surface area (Å²) in [5.41, 5.74) is 6.42. The van der Waals surface area contributed by atoms with E-state index in [9.17, 15) is 8.42 Å². The van der Waals surface area contributed by atoms with Gasteiger partial charge in [0.05, 0.1) is 4.90 Å². The minimum Gasteiger partial charge on any atom is -0.330 e. The van der Waals surface area contributed by atoms with E-state index in [1.807, 2.05) is 26.0 Å². The van der Waals surface area contributed by atoms with E-state index in [2.05, 4.69) is 0 Å². The molecule has 1 saturated heterocycles. The minimum absolute atomic E-state index is 0.0875. The van der Waals surface area contributed by atoms with Crippen molar-refractivity contribution >= 4 is 10.0 Å². The van der Waals surface area contributed by atoms with Crippen LogP contribution in [0.1, 0.15) is 18.9 Å². The third-order valence-corrected chi connectivity index (χ3v) is 5.73. The fourth-order valence-electron chi connectivity index (χ4n) is 2.34. The molecule has 0 spiro atoms. The van der Waals surface area contributed by atoms with Crippen LogP contribution in [0.15, 0.2) is 29.2 Å². The molecule has 1 aliphatic rings. The number of rotatable bonds is 3. The second-order valence-corrected chi connectivity index (χ2v) is 7.28. The lowest BCUT2D eigenvalue weighted by Crippen LogP contribution is -2.34. The van der Waals surface area contributed by atoms with Gasteiger partial charge in [0.1, 0.15) is 0 Å². The van der Waals surface area contributed by atoms with Crippen molar-refractivity contribution in [3.8, 4) is 0 Å². The van der Waals surface area contributed by atoms with Crippen molar-refractivity contribution in [2.45, 2.75) is 25.2 Å². The number of nitrogens with zero attached hydrogens (tertiary/aromatic N) is 1. The normalized spacial score (nSPS) is 25.5. The van der Waals surface area contributed by atoms with Gasteiger partial charge >= 0.3 is 0 Å². The molecule has 0 bridgehead atoms. The second-order valence-electron chi connectivity index (χ2n) is 5.37. The summed E-state index contributed by atoms with van der Waals surface area (Å²) in [6, 6.07) is 7.11. The minimum atomic E-state index is -3.37. The molecule has 0 amide bonds. The summed E-state index contributed by atoms with van der Waals surface area (Å²) in [5.74, 6) is 0. The van der Waals surface area contributed by atoms with Gasteiger partial charge in [0, 0.05) is 13.1 Å². The maximum absolute atomic E-state index is 12.5. The standard InChI is InChI=1S/C13H20N2O2S/c1-11-5-3-4-6-12(11)18(16,17)15-8-7-13(2,9-14)10-15/h3-6H,7-10,14H2,1-2H3. The Morgan fingerprint density at radius 3 is 2.61 bits per heavy atom. The maximum Gasteiger partial charge on any atom is 0.243 e. The molecule has 5 heteroatoms. The first kappa shape index (κ1) is 13.5. The van der Waals surface area contributed by atoms with Crippen LogP contribution in [0.25, 0.3) is 0 Å². The lowest BCUT2D eigenvalue weighted by molar-refractivity contribution is 0.349. The van der Waals surface area contributed by atoms with E-state index in [0.29, 0.717) is 24.5 Å². The third kappa shape index (κ3) is 2.30. The Morgan fingerprint density at radius 1 is 1.39 bits per heavy atom. The van der Waals surface area contributed by atoms with Gasteiger partial charge < -0.3 is 5.73 Å². The topological polar surface area (TPSA) is 63.4 Å². The van der Waals surface area contributed by atoms with Gasteiger partial charge in [-0.2, -0.15) is 4.31 Å². The molecule has 0 aromatic heterocycles. The first-order valence-corrected chi connectivity index (χ1v) is 7.59. The number of benzene rings is 1. The summed E-state index contributed by atoms with van der Waals surface area (Å²) in [7, 11) is -3.37. The molecule has 100 valence electrons. The SMILES string of the molecule is Cc1ccccc1S(=O)(=O)N1CCC(C)(CN)C1. The summed E-state index contributed by atoms with van der Waals surface area (Å²) in [5, 5.41) is 0. The van der Waals surface area contributed by atoms with Crippen LogP contribution in [-0.2, 0) is 10.0 Å². The molecule has 0 radical (unpaired) electrons. The van der Waals surface area contributed by atoms with Crippen LogP contribution in [0.4, 0.5) is 0 Å². The molecule has 1 aromatic carbocycles. The van der Waals surface area contributed by atoms with Crippen LogP contribution >= 0.6 is 0 Å². The zero-order chi connectivity index (χ0) is 13.4. The van der Waals surface area contributed by atoms with Gasteiger partial charge in [0.25, 0.3) is 0 Å². The van der Waals surface area contributed by atoms with Gasteiger partial charge in [-0.15, -0.1) is 0 Å². The summed E-state index contributed by atoms with van der Waals surface area (Å²) in [4.78, 5) is 0.409. The molecule has 0 saturated carbocycles. The Morgan fingerprint density at radius 2 is 2.06 bits per heavy atom. The van der Waals surface area contributed by atoms with Crippen molar-refractivity contribution in [1.82, 2.24) is 4.31 Å². The number of sulfonamides is 1. The quantitative estimate of drug-likeness (QED) is 0.900. The molecule has 1 aliphatic heterocycles. The molecule has 1 heterocycles. The van der Waals surface area contributed by atoms with Gasteiger partial charge in [-0.3, -0.25) is 0 Å². The van der Waals surface area contributed by atoms with Crippen LogP contribution in [0, 0.1) is 12.3 Å². The lowest BCUT2D eigenvalue weighted by Gasteiger charge is -2.22. The molecule has 1 unspecified atom stereocenters. The van der Waals surface area contributed by atoms with Crippen molar-refractivity contribution in [2.24, 2.45) is 11.1 Å². The Hall–Kier alpha value is -0.910. The largest absolute Gasteiger partial charge is 0.330 e. The average Bonchev–Trinajstić information content (AvgIpc) is 2.74. The van der Waals surface area contributed by atoms with Gasteiger partial charge in [-0.1, -0.05) is 25.1 Å². The van der Waals surface area contributed by atoms with E-state index in [1.54, 1.807) is 16.4 Å². The zero-order valence-electron chi connectivity index (χ0n) is 10.9. The van der Waals surface area contributed by atoms with Crippen LogP contribution in [0.5, 0.6) is 0 Å². The van der Waals surface area contributed by atoms with E-state index in [0.717, 1.165) is 12.0 Å². The summed E-state index contributed by atoms with van der Waals surface area (Å²) >= 11 is 0. The number of hydrogen-bond donors (Lipinski definition) is 1. The zero-order valence-corrected chi connectivity index (χ0v) is 11.7. The highest BCUT2D eigenvalue weighted by atomic mass is 32.2. The average molecular weight is 268 g/mol. The number of hydrogen-bond acceptors (Lipinski definition) is 3. The fraction of sp³-hybridized carbons (Fsp3) is 0.538. The Bertz CT molecular complexity index is 542. The first-order valence-electron chi connectivity index (χ1n) is 6.15. The monoisotopic (exact) mass is 268 g/mol. The highest BCUT2D eigenvalue weighted by Gasteiger charge is 2.39. The summed E-state index contributed by atoms with van der Waals surface area (Å²) in [6.45, 7) is 5.46. The third-order valence-electron chi connectivity index (χ3n) is 3.73. The van der Waals surface area contributed by atoms with Crippen LogP contribution < -0.4 is 5.73 Å². The maximum atomic E-state index is 12.5. The fourth-order valence-corrected chi connectivity index (χ4v) is 4.15. The molecule has 2 N–H and O–H groups in total. The van der Waals surface area contributed by atoms with E-state index in [-0.39, 0.29) is 5.41 Å². The predicted octanol–water partition coefficient (Wildman–Crippen LogP) is 1.35. The Balaban J connectivity index is 2.32. The van der Waals surface area contributed by atoms with Crippen molar-refractivity contribution in [2.75, 3.05) is 19.6 Å². The van der Waals surface area contributed by atoms with Gasteiger partial charge in [0.15, 0.2) is 0 Å². The molecule has 1 fully saturated rings. The van der Waals surface area contributed by atoms with E-state index in [4.69, 9.17) is 5.73 Å². The predicted molar refractivity (Wildman–Crippen MR) is 71.7 cm³/mol. The van der Waals surface area contributed by atoms with E-state index in [1.165, 1.54) is 0 Å². The molecule has 1 aromatic rings. The van der Waals surface area contributed by atoms with Gasteiger partial charge in [0.2, 0.25) is 10.0 Å². The van der Waals surface area contributed by atoms with Crippen molar-refractivity contribution in [1.29, 1.82) is 0 Å². The highest BCUT2D eigenvalue weighted by Crippen LogP contribution is 2.33. The van der Waals surface area contributed by atoms with Crippen LogP contribution in [0.2, 0.25) is 0 Å². The molecule has 2 rings (SSSR count).